The number of nitrogens with one attached hydrogen (secondary N) is 1. The summed E-state index contributed by atoms with van der Waals surface area (Å²) in [7, 11) is 0. The normalized spacial score (nSPS) is 30.1. The van der Waals surface area contributed by atoms with Gasteiger partial charge < -0.3 is 29.7 Å². The molecular formula is C30H46BrN3O7. The first-order valence-corrected chi connectivity index (χ1v) is 15.3. The predicted octanol–water partition coefficient (Wildman–Crippen LogP) is 2.58. The summed E-state index contributed by atoms with van der Waals surface area (Å²) in [5.74, 6) is -3.54. The minimum Gasteiger partial charge on any atom is -0.460 e. The molecule has 10 nitrogen and oxygen atoms in total. The Morgan fingerprint density at radius 3 is 2.46 bits per heavy atom. The van der Waals surface area contributed by atoms with Gasteiger partial charge in [0.25, 0.3) is 0 Å². The Bertz CT molecular complexity index is 1040. The third-order valence-corrected chi connectivity index (χ3v) is 9.26. The Kier molecular flexibility index (Phi) is 10.5. The SMILES string of the molecule is C=CCCC(=O)NC[C@@H](C)OC(=O)[C@H]1[C@@H]2O[C@@]3(CC2Br)[C@@H]1C(=O)N([C@@H](CO)C(C)C)[C@@H]3C(=O)N(CC=C)C(C)(C)C. The van der Waals surface area contributed by atoms with Crippen LogP contribution in [-0.2, 0) is 28.7 Å². The Balaban J connectivity index is 1.98. The summed E-state index contributed by atoms with van der Waals surface area (Å²) < 4.78 is 12.3. The number of hydrogen-bond donors (Lipinski definition) is 2. The summed E-state index contributed by atoms with van der Waals surface area (Å²) in [4.78, 5) is 57.3. The summed E-state index contributed by atoms with van der Waals surface area (Å²) in [5.41, 5.74) is -1.86. The molecule has 0 aliphatic carbocycles. The standard InChI is InChI=1S/C30H46BrN3O7/c1-9-11-12-21(36)32-15-18(5)40-28(39)22-23-26(37)34(20(16-35)17(3)4)25(30(23)14-19(31)24(22)41-30)27(38)33(13-10-2)29(6,7)8/h9-10,17-20,22-25,35H,1-2,11-16H2,3-8H3,(H,32,36)/t18-,19?,20+,22-,23+,24-,25-,30+/m1/s1. The van der Waals surface area contributed by atoms with Crippen LogP contribution in [0.3, 0.4) is 0 Å². The lowest BCUT2D eigenvalue weighted by atomic mass is 9.70. The lowest BCUT2D eigenvalue weighted by molar-refractivity contribution is -0.160. The van der Waals surface area contributed by atoms with Crippen LogP contribution < -0.4 is 5.32 Å². The average molecular weight is 641 g/mol. The van der Waals surface area contributed by atoms with Crippen molar-refractivity contribution in [2.24, 2.45) is 17.8 Å². The highest BCUT2D eigenvalue weighted by Gasteiger charge is 2.77. The molecule has 0 aromatic carbocycles. The topological polar surface area (TPSA) is 125 Å². The number of aliphatic hydroxyl groups excluding tert-OH is 1. The van der Waals surface area contributed by atoms with Crippen LogP contribution in [0.25, 0.3) is 0 Å². The number of allylic oxidation sites excluding steroid dienone is 1. The maximum Gasteiger partial charge on any atom is 0.312 e. The molecule has 41 heavy (non-hydrogen) atoms. The molecule has 1 spiro atoms. The molecule has 3 heterocycles. The lowest BCUT2D eigenvalue weighted by Gasteiger charge is -2.44. The zero-order chi connectivity index (χ0) is 30.9. The zero-order valence-corrected chi connectivity index (χ0v) is 26.7. The van der Waals surface area contributed by atoms with Gasteiger partial charge in [0.15, 0.2) is 0 Å². The van der Waals surface area contributed by atoms with Gasteiger partial charge in [-0.2, -0.15) is 0 Å². The fourth-order valence-electron chi connectivity index (χ4n) is 6.46. The number of aliphatic hydroxyl groups is 1. The smallest absolute Gasteiger partial charge is 0.312 e. The van der Waals surface area contributed by atoms with E-state index in [0.717, 1.165) is 0 Å². The first-order chi connectivity index (χ1) is 19.2. The number of likely N-dealkylation sites (tertiary alicyclic amines) is 1. The van der Waals surface area contributed by atoms with Gasteiger partial charge in [0.1, 0.15) is 17.7 Å². The number of amides is 3. The van der Waals surface area contributed by atoms with Gasteiger partial charge in [0.05, 0.1) is 37.1 Å². The van der Waals surface area contributed by atoms with E-state index in [4.69, 9.17) is 9.47 Å². The van der Waals surface area contributed by atoms with Crippen LogP contribution in [0.4, 0.5) is 0 Å². The lowest BCUT2D eigenvalue weighted by Crippen LogP contribution is -2.62. The molecule has 2 N–H and O–H groups in total. The minimum atomic E-state index is -1.27. The Hall–Kier alpha value is -2.24. The molecular weight excluding hydrogens is 594 g/mol. The quantitative estimate of drug-likeness (QED) is 0.180. The van der Waals surface area contributed by atoms with Crippen molar-refractivity contribution in [1.29, 1.82) is 0 Å². The molecule has 3 saturated heterocycles. The van der Waals surface area contributed by atoms with Gasteiger partial charge in [-0.3, -0.25) is 19.2 Å². The van der Waals surface area contributed by atoms with Crippen LogP contribution in [0.15, 0.2) is 25.3 Å². The number of esters is 1. The van der Waals surface area contributed by atoms with Gasteiger partial charge in [0.2, 0.25) is 17.7 Å². The number of nitrogens with zero attached hydrogens (tertiary/aromatic N) is 2. The van der Waals surface area contributed by atoms with Crippen molar-refractivity contribution in [2.75, 3.05) is 19.7 Å². The number of hydrogen-bond acceptors (Lipinski definition) is 7. The van der Waals surface area contributed by atoms with Crippen LogP contribution in [-0.4, -0.2) is 98.6 Å². The van der Waals surface area contributed by atoms with E-state index in [1.165, 1.54) is 4.90 Å². The van der Waals surface area contributed by atoms with Crippen molar-refractivity contribution in [3.63, 3.8) is 0 Å². The number of carbonyl (C=O) groups is 4. The molecule has 230 valence electrons. The second-order valence-corrected chi connectivity index (χ2v) is 13.9. The molecule has 2 bridgehead atoms. The van der Waals surface area contributed by atoms with Crippen LogP contribution in [0.1, 0.15) is 60.8 Å². The molecule has 0 saturated carbocycles. The fourth-order valence-corrected chi connectivity index (χ4v) is 7.41. The van der Waals surface area contributed by atoms with Crippen molar-refractivity contribution >= 4 is 39.6 Å². The van der Waals surface area contributed by atoms with E-state index >= 15 is 0 Å². The Morgan fingerprint density at radius 1 is 1.27 bits per heavy atom. The first kappa shape index (κ1) is 33.3. The summed E-state index contributed by atoms with van der Waals surface area (Å²) in [6, 6.07) is -1.69. The van der Waals surface area contributed by atoms with E-state index < -0.39 is 59.1 Å². The van der Waals surface area contributed by atoms with Gasteiger partial charge in [-0.15, -0.1) is 13.2 Å². The van der Waals surface area contributed by atoms with Crippen molar-refractivity contribution in [3.8, 4) is 0 Å². The first-order valence-electron chi connectivity index (χ1n) is 14.4. The summed E-state index contributed by atoms with van der Waals surface area (Å²) in [6.07, 6.45) is 3.17. The van der Waals surface area contributed by atoms with E-state index in [1.54, 1.807) is 24.0 Å². The number of alkyl halides is 1. The molecule has 3 aliphatic heterocycles. The number of halogens is 1. The number of ether oxygens (including phenoxy) is 2. The maximum absolute atomic E-state index is 14.4. The van der Waals surface area contributed by atoms with E-state index in [1.807, 2.05) is 34.6 Å². The second-order valence-electron chi connectivity index (χ2n) is 12.7. The van der Waals surface area contributed by atoms with Crippen molar-refractivity contribution in [1.82, 2.24) is 15.1 Å². The highest BCUT2D eigenvalue weighted by molar-refractivity contribution is 9.09. The molecule has 0 radical (unpaired) electrons. The van der Waals surface area contributed by atoms with Gasteiger partial charge in [-0.25, -0.2) is 0 Å². The minimum absolute atomic E-state index is 0.122. The van der Waals surface area contributed by atoms with Crippen LogP contribution in [0, 0.1) is 17.8 Å². The molecule has 0 aromatic heterocycles. The van der Waals surface area contributed by atoms with E-state index in [9.17, 15) is 24.3 Å². The summed E-state index contributed by atoms with van der Waals surface area (Å²) >= 11 is 3.66. The summed E-state index contributed by atoms with van der Waals surface area (Å²) in [5, 5.41) is 13.1. The number of carbonyl (C=O) groups excluding carboxylic acids is 4. The fraction of sp³-hybridized carbons (Fsp3) is 0.733. The van der Waals surface area contributed by atoms with Gasteiger partial charge in [0, 0.05) is 23.3 Å². The Morgan fingerprint density at radius 2 is 1.93 bits per heavy atom. The third-order valence-electron chi connectivity index (χ3n) is 8.41. The number of fused-ring (bicyclic) bond motifs is 1. The van der Waals surface area contributed by atoms with Gasteiger partial charge in [-0.1, -0.05) is 41.9 Å². The molecule has 8 atom stereocenters. The van der Waals surface area contributed by atoms with E-state index in [0.29, 0.717) is 12.8 Å². The Labute approximate surface area is 252 Å². The highest BCUT2D eigenvalue weighted by atomic mass is 79.9. The third kappa shape index (κ3) is 6.27. The molecule has 3 fully saturated rings. The molecule has 3 aliphatic rings. The van der Waals surface area contributed by atoms with Gasteiger partial charge >= 0.3 is 5.97 Å². The molecule has 1 unspecified atom stereocenters. The van der Waals surface area contributed by atoms with Crippen LogP contribution >= 0.6 is 15.9 Å². The van der Waals surface area contributed by atoms with Crippen LogP contribution in [0.5, 0.6) is 0 Å². The average Bonchev–Trinajstić information content (AvgIpc) is 3.47. The van der Waals surface area contributed by atoms with Crippen molar-refractivity contribution in [3.05, 3.63) is 25.3 Å². The molecule has 0 aromatic rings. The molecule has 3 rings (SSSR count). The van der Waals surface area contributed by atoms with Crippen molar-refractivity contribution in [2.45, 2.75) is 101 Å². The highest BCUT2D eigenvalue weighted by Crippen LogP contribution is 2.61. The zero-order valence-electron chi connectivity index (χ0n) is 25.1. The number of rotatable bonds is 13. The van der Waals surface area contributed by atoms with Crippen LogP contribution in [0.2, 0.25) is 0 Å². The monoisotopic (exact) mass is 639 g/mol. The second kappa shape index (κ2) is 13.0. The van der Waals surface area contributed by atoms with Gasteiger partial charge in [-0.05, 0) is 46.5 Å². The predicted molar refractivity (Wildman–Crippen MR) is 158 cm³/mol. The molecule has 11 heteroatoms. The summed E-state index contributed by atoms with van der Waals surface area (Å²) in [6.45, 7) is 18.6. The molecule has 3 amide bonds. The van der Waals surface area contributed by atoms with E-state index in [2.05, 4.69) is 34.4 Å². The maximum atomic E-state index is 14.4. The van der Waals surface area contributed by atoms with E-state index in [-0.39, 0.29) is 48.7 Å². The largest absolute Gasteiger partial charge is 0.460 e. The van der Waals surface area contributed by atoms with Crippen molar-refractivity contribution < 1.29 is 33.8 Å².